The van der Waals surface area contributed by atoms with E-state index in [-0.39, 0.29) is 89.1 Å². The first-order valence-electron chi connectivity index (χ1n) is 22.9. The second-order valence-electron chi connectivity index (χ2n) is 17.5. The predicted octanol–water partition coefficient (Wildman–Crippen LogP) is 10.2. The maximum atomic E-state index is 13.8. The predicted molar refractivity (Wildman–Crippen MR) is 273 cm³/mol. The Bertz CT molecular complexity index is 3630. The highest BCUT2D eigenvalue weighted by Crippen LogP contribution is 2.39. The van der Waals surface area contributed by atoms with E-state index < -0.39 is 94.9 Å². The Hall–Kier alpha value is -5.57. The molecule has 27 heteroatoms. The minimum Gasteiger partial charge on any atom is -0.339 e. The number of hydrogen-bond acceptors (Lipinski definition) is 10. The summed E-state index contributed by atoms with van der Waals surface area (Å²) in [6.07, 6.45) is -9.56. The van der Waals surface area contributed by atoms with Crippen LogP contribution < -0.4 is 9.44 Å². The number of sulfonamides is 2. The Labute approximate surface area is 454 Å². The third-order valence-corrected chi connectivity index (χ3v) is 19.9. The van der Waals surface area contributed by atoms with Crippen molar-refractivity contribution in [3.05, 3.63) is 177 Å². The molecule has 2 aliphatic heterocycles. The van der Waals surface area contributed by atoms with Gasteiger partial charge < -0.3 is 9.80 Å². The van der Waals surface area contributed by atoms with E-state index in [2.05, 4.69) is 9.44 Å². The molecule has 2 saturated heterocycles. The Morgan fingerprint density at radius 3 is 1.17 bits per heavy atom. The molecule has 0 spiro atoms. The number of alkyl halides is 6. The fourth-order valence-corrected chi connectivity index (χ4v) is 14.6. The van der Waals surface area contributed by atoms with Gasteiger partial charge in [0.1, 0.15) is 0 Å². The summed E-state index contributed by atoms with van der Waals surface area (Å²) in [5, 5.41) is 0.941. The molecule has 0 atom stereocenters. The molecule has 410 valence electrons. The van der Waals surface area contributed by atoms with Crippen LogP contribution in [0.1, 0.15) is 57.5 Å². The van der Waals surface area contributed by atoms with Gasteiger partial charge in [0, 0.05) is 54.4 Å². The van der Waals surface area contributed by atoms with Crippen molar-refractivity contribution in [1.29, 1.82) is 0 Å². The highest BCUT2D eigenvalue weighted by atomic mass is 35.5. The van der Waals surface area contributed by atoms with Gasteiger partial charge in [-0.25, -0.2) is 43.1 Å². The van der Waals surface area contributed by atoms with Gasteiger partial charge in [-0.3, -0.25) is 9.59 Å². The lowest BCUT2D eigenvalue weighted by molar-refractivity contribution is -0.140. The molecular formula is C50H43Cl3F6N4O10S4. The number of nitrogens with zero attached hydrogens (tertiary/aromatic N) is 2. The summed E-state index contributed by atoms with van der Waals surface area (Å²) in [5.74, 6) is -0.630. The standard InChI is InChI=1S/C25H21Cl2F3N2O5S2.C25H22ClF3N2O5S2/c26-21-9-6-16(14-22(21)27)24(33)32-12-10-17(11-13-32)31-39(36,37)23-15-19(7-8-20(23)25(28,29)30)38(34,35)18-4-2-1-3-5-18;26-18-8-6-17(7-9-18)24(32)31-14-12-19(13-15-31)30-38(35,36)23-16-21(10-11-22(23)25(27,28)29)37(33,34)20-4-2-1-3-5-20/h1-9,14-15,17,31H,10-13H2;1-11,16,19,30H,12-15H2. The number of carbonyl (C=O) groups is 2. The Morgan fingerprint density at radius 1 is 0.442 bits per heavy atom. The zero-order valence-electron chi connectivity index (χ0n) is 39.6. The van der Waals surface area contributed by atoms with Crippen molar-refractivity contribution in [3.63, 3.8) is 0 Å². The zero-order chi connectivity index (χ0) is 56.3. The average Bonchev–Trinajstić information content (AvgIpc) is 3.42. The smallest absolute Gasteiger partial charge is 0.339 e. The monoisotopic (exact) mass is 1210 g/mol. The number of piperidine rings is 2. The molecule has 14 nitrogen and oxygen atoms in total. The maximum Gasteiger partial charge on any atom is 0.417 e. The van der Waals surface area contributed by atoms with Crippen molar-refractivity contribution in [2.24, 2.45) is 0 Å². The van der Waals surface area contributed by atoms with Crippen molar-refractivity contribution < 1.29 is 69.6 Å². The SMILES string of the molecule is O=C(c1ccc(Cl)c(Cl)c1)N1CCC(NS(=O)(=O)c2cc(S(=O)(=O)c3ccccc3)ccc2C(F)(F)F)CC1.O=C(c1ccc(Cl)cc1)N1CCC(NS(=O)(=O)c2cc(S(=O)(=O)c3ccccc3)ccc2C(F)(F)F)CC1. The van der Waals surface area contributed by atoms with E-state index in [0.717, 1.165) is 12.1 Å². The van der Waals surface area contributed by atoms with E-state index >= 15 is 0 Å². The van der Waals surface area contributed by atoms with Crippen LogP contribution >= 0.6 is 34.8 Å². The molecule has 2 fully saturated rings. The van der Waals surface area contributed by atoms with Gasteiger partial charge in [0.2, 0.25) is 39.7 Å². The van der Waals surface area contributed by atoms with Gasteiger partial charge in [-0.1, -0.05) is 71.2 Å². The van der Waals surface area contributed by atoms with Gasteiger partial charge in [0.15, 0.2) is 0 Å². The van der Waals surface area contributed by atoms with E-state index in [4.69, 9.17) is 34.8 Å². The molecule has 0 unspecified atom stereocenters. The van der Waals surface area contributed by atoms with Crippen LogP contribution in [0.3, 0.4) is 0 Å². The first-order chi connectivity index (χ1) is 36.0. The van der Waals surface area contributed by atoms with Gasteiger partial charge in [0.05, 0.1) is 50.5 Å². The Balaban J connectivity index is 0.000000224. The normalized spacial score (nSPS) is 15.4. The largest absolute Gasteiger partial charge is 0.417 e. The summed E-state index contributed by atoms with van der Waals surface area (Å²) >= 11 is 17.7. The van der Waals surface area contributed by atoms with Crippen LogP contribution in [0.25, 0.3) is 0 Å². The van der Waals surface area contributed by atoms with E-state index in [9.17, 15) is 69.6 Å². The molecule has 77 heavy (non-hydrogen) atoms. The molecule has 2 aliphatic rings. The molecule has 0 saturated carbocycles. The number of likely N-dealkylation sites (tertiary alicyclic amines) is 2. The molecular weight excluding hydrogens is 1170 g/mol. The van der Waals surface area contributed by atoms with Gasteiger partial charge in [-0.05, 0) is 129 Å². The number of sulfone groups is 2. The number of carbonyl (C=O) groups excluding carboxylic acids is 2. The fraction of sp³-hybridized carbons (Fsp3) is 0.240. The highest BCUT2D eigenvalue weighted by molar-refractivity contribution is 7.92. The van der Waals surface area contributed by atoms with Crippen LogP contribution in [0.2, 0.25) is 15.1 Å². The summed E-state index contributed by atoms with van der Waals surface area (Å²) in [4.78, 5) is 24.5. The Morgan fingerprint density at radius 2 is 0.805 bits per heavy atom. The van der Waals surface area contributed by atoms with E-state index in [1.807, 2.05) is 0 Å². The van der Waals surface area contributed by atoms with Crippen molar-refractivity contribution >= 4 is 86.3 Å². The minimum atomic E-state index is -5.06. The van der Waals surface area contributed by atoms with Crippen LogP contribution in [-0.2, 0) is 52.1 Å². The summed E-state index contributed by atoms with van der Waals surface area (Å²) in [7, 11) is -18.2. The first-order valence-corrected chi connectivity index (χ1v) is 29.9. The van der Waals surface area contributed by atoms with E-state index in [1.165, 1.54) is 76.5 Å². The summed E-state index contributed by atoms with van der Waals surface area (Å²) in [6, 6.07) is 26.5. The topological polar surface area (TPSA) is 201 Å². The number of benzene rings is 6. The average molecular weight is 1210 g/mol. The van der Waals surface area contributed by atoms with Crippen molar-refractivity contribution in [1.82, 2.24) is 19.2 Å². The molecule has 2 heterocycles. The van der Waals surface area contributed by atoms with Gasteiger partial charge in [0.25, 0.3) is 11.8 Å². The van der Waals surface area contributed by atoms with Crippen molar-refractivity contribution in [3.8, 4) is 0 Å². The van der Waals surface area contributed by atoms with Crippen LogP contribution in [-0.4, -0.2) is 93.5 Å². The number of amides is 2. The fourth-order valence-electron chi connectivity index (χ4n) is 8.28. The third-order valence-electron chi connectivity index (χ3n) is 12.3. The number of halogens is 9. The second kappa shape index (κ2) is 23.4. The van der Waals surface area contributed by atoms with Crippen LogP contribution in [0, 0.1) is 0 Å². The minimum absolute atomic E-state index is 0.121. The molecule has 0 aliphatic carbocycles. The number of nitrogens with one attached hydrogen (secondary N) is 2. The highest BCUT2D eigenvalue weighted by Gasteiger charge is 2.41. The lowest BCUT2D eigenvalue weighted by atomic mass is 10.0. The molecule has 0 aromatic heterocycles. The molecule has 0 bridgehead atoms. The first kappa shape index (κ1) is 59.1. The lowest BCUT2D eigenvalue weighted by Crippen LogP contribution is -2.46. The molecule has 6 aromatic carbocycles. The Kier molecular flexibility index (Phi) is 18.0. The molecule has 2 N–H and O–H groups in total. The van der Waals surface area contributed by atoms with Crippen molar-refractivity contribution in [2.45, 2.75) is 79.5 Å². The van der Waals surface area contributed by atoms with Crippen LogP contribution in [0.15, 0.2) is 169 Å². The molecule has 8 rings (SSSR count). The molecule has 6 aromatic rings. The van der Waals surface area contributed by atoms with E-state index in [1.54, 1.807) is 36.4 Å². The van der Waals surface area contributed by atoms with Crippen LogP contribution in [0.5, 0.6) is 0 Å². The van der Waals surface area contributed by atoms with Gasteiger partial charge in [-0.2, -0.15) is 26.3 Å². The molecule has 2 amide bonds. The molecule has 0 radical (unpaired) electrons. The second-order valence-corrected chi connectivity index (χ2v) is 26.0. The summed E-state index contributed by atoms with van der Waals surface area (Å²) < 4.78 is 192. The summed E-state index contributed by atoms with van der Waals surface area (Å²) in [6.45, 7) is 0.591. The van der Waals surface area contributed by atoms with Crippen LogP contribution in [0.4, 0.5) is 26.3 Å². The van der Waals surface area contributed by atoms with Gasteiger partial charge in [-0.15, -0.1) is 0 Å². The number of rotatable bonds is 12. The number of hydrogen-bond donors (Lipinski definition) is 2. The third kappa shape index (κ3) is 14.0. The quantitative estimate of drug-likeness (QED) is 0.111. The van der Waals surface area contributed by atoms with E-state index in [0.29, 0.717) is 34.9 Å². The van der Waals surface area contributed by atoms with Crippen molar-refractivity contribution in [2.75, 3.05) is 26.2 Å². The van der Waals surface area contributed by atoms with Gasteiger partial charge >= 0.3 is 12.4 Å². The summed E-state index contributed by atoms with van der Waals surface area (Å²) in [5.41, 5.74) is -2.28. The zero-order valence-corrected chi connectivity index (χ0v) is 45.1. The maximum absolute atomic E-state index is 13.8. The lowest BCUT2D eigenvalue weighted by Gasteiger charge is -2.32.